The molecule has 140 valence electrons. The predicted octanol–water partition coefficient (Wildman–Crippen LogP) is 2.56. The van der Waals surface area contributed by atoms with Gasteiger partial charge in [0.25, 0.3) is 5.91 Å². The summed E-state index contributed by atoms with van der Waals surface area (Å²) in [6.07, 6.45) is 1.32. The molecule has 0 bridgehead atoms. The summed E-state index contributed by atoms with van der Waals surface area (Å²) < 4.78 is 51.9. The van der Waals surface area contributed by atoms with E-state index in [-0.39, 0.29) is 16.4 Å². The monoisotopic (exact) mass is 402 g/mol. The van der Waals surface area contributed by atoms with Crippen LogP contribution in [0.2, 0.25) is 0 Å². The molecule has 3 rings (SSSR count). The van der Waals surface area contributed by atoms with Crippen LogP contribution in [0, 0.1) is 11.6 Å². The molecule has 7 nitrogen and oxygen atoms in total. The predicted molar refractivity (Wildman–Crippen MR) is 92.4 cm³/mol. The summed E-state index contributed by atoms with van der Waals surface area (Å²) in [4.78, 5) is 12.2. The van der Waals surface area contributed by atoms with Crippen molar-refractivity contribution < 1.29 is 22.0 Å². The highest BCUT2D eigenvalue weighted by atomic mass is 32.2. The van der Waals surface area contributed by atoms with E-state index in [0.29, 0.717) is 24.4 Å². The van der Waals surface area contributed by atoms with Crippen molar-refractivity contribution in [1.82, 2.24) is 14.5 Å². The van der Waals surface area contributed by atoms with E-state index in [0.717, 1.165) is 23.5 Å². The van der Waals surface area contributed by atoms with Crippen molar-refractivity contribution in [3.05, 3.63) is 39.8 Å². The molecule has 0 radical (unpaired) electrons. The number of carbonyl (C=O) groups excluding carboxylic acids is 1. The number of hydrogen-bond donors (Lipinski definition) is 1. The van der Waals surface area contributed by atoms with Crippen molar-refractivity contribution >= 4 is 33.0 Å². The van der Waals surface area contributed by atoms with Crippen LogP contribution in [0.4, 0.5) is 14.5 Å². The lowest BCUT2D eigenvalue weighted by Gasteiger charge is -2.21. The summed E-state index contributed by atoms with van der Waals surface area (Å²) >= 11 is 0.987. The minimum atomic E-state index is -3.37. The lowest BCUT2D eigenvalue weighted by molar-refractivity contribution is 0.102. The highest BCUT2D eigenvalue weighted by Crippen LogP contribution is 2.35. The number of aromatic nitrogens is 2. The van der Waals surface area contributed by atoms with Crippen LogP contribution < -0.4 is 5.32 Å². The summed E-state index contributed by atoms with van der Waals surface area (Å²) in [6.45, 7) is 1.99. The topological polar surface area (TPSA) is 92.3 Å². The van der Waals surface area contributed by atoms with Crippen molar-refractivity contribution in [2.75, 3.05) is 17.6 Å². The maximum atomic E-state index is 13.2. The molecule has 1 aliphatic heterocycles. The summed E-state index contributed by atoms with van der Waals surface area (Å²) in [6, 6.07) is 2.57. The van der Waals surface area contributed by atoms with Crippen molar-refractivity contribution in [2.45, 2.75) is 25.8 Å². The number of amides is 1. The summed E-state index contributed by atoms with van der Waals surface area (Å²) in [7, 11) is -3.37. The van der Waals surface area contributed by atoms with Crippen molar-refractivity contribution in [2.24, 2.45) is 0 Å². The highest BCUT2D eigenvalue weighted by Gasteiger charge is 2.36. The number of nitrogens with zero attached hydrogens (tertiary/aromatic N) is 3. The molecule has 11 heteroatoms. The van der Waals surface area contributed by atoms with Crippen LogP contribution in [0.5, 0.6) is 0 Å². The Morgan fingerprint density at radius 3 is 2.81 bits per heavy atom. The Kier molecular flexibility index (Phi) is 5.30. The van der Waals surface area contributed by atoms with Crippen LogP contribution in [0.25, 0.3) is 0 Å². The van der Waals surface area contributed by atoms with E-state index in [1.165, 1.54) is 10.4 Å². The second-order valence-corrected chi connectivity index (χ2v) is 8.92. The first-order valence-electron chi connectivity index (χ1n) is 7.91. The molecule has 1 fully saturated rings. The molecule has 1 aromatic heterocycles. The van der Waals surface area contributed by atoms with Gasteiger partial charge in [0, 0.05) is 18.3 Å². The lowest BCUT2D eigenvalue weighted by Crippen LogP contribution is -2.31. The number of rotatable bonds is 5. The van der Waals surface area contributed by atoms with Gasteiger partial charge in [0.15, 0.2) is 11.6 Å². The van der Waals surface area contributed by atoms with E-state index in [4.69, 9.17) is 0 Å². The van der Waals surface area contributed by atoms with Crippen LogP contribution in [0.15, 0.2) is 18.2 Å². The zero-order valence-corrected chi connectivity index (χ0v) is 15.4. The van der Waals surface area contributed by atoms with Gasteiger partial charge in [-0.3, -0.25) is 4.79 Å². The molecule has 0 spiro atoms. The number of nitrogens with one attached hydrogen (secondary N) is 1. The molecule has 1 amide bonds. The Labute approximate surface area is 153 Å². The number of sulfonamides is 1. The third-order valence-corrected chi connectivity index (χ3v) is 6.93. The molecular weight excluding hydrogens is 386 g/mol. The van der Waals surface area contributed by atoms with Crippen LogP contribution in [-0.2, 0) is 10.0 Å². The Balaban J connectivity index is 1.76. The average molecular weight is 402 g/mol. The first kappa shape index (κ1) is 18.8. The first-order chi connectivity index (χ1) is 12.3. The number of halogens is 2. The van der Waals surface area contributed by atoms with Crippen molar-refractivity contribution in [3.63, 3.8) is 0 Å². The van der Waals surface area contributed by atoms with Gasteiger partial charge in [0.05, 0.1) is 11.8 Å². The van der Waals surface area contributed by atoms with Gasteiger partial charge >= 0.3 is 0 Å². The average Bonchev–Trinajstić information content (AvgIpc) is 3.27. The van der Waals surface area contributed by atoms with Crippen LogP contribution in [0.3, 0.4) is 0 Å². The molecule has 1 aliphatic rings. The van der Waals surface area contributed by atoms with Gasteiger partial charge in [-0.2, -0.15) is 4.31 Å². The van der Waals surface area contributed by atoms with E-state index in [9.17, 15) is 22.0 Å². The quantitative estimate of drug-likeness (QED) is 0.830. The third-order valence-electron chi connectivity index (χ3n) is 4.02. The zero-order valence-electron chi connectivity index (χ0n) is 13.8. The third kappa shape index (κ3) is 3.74. The standard InChI is InChI=1S/C15H16F2N4O3S2/c1-2-26(23,24)21-7-3-4-12(21)14-19-20-15(25-14)13(22)18-9-5-6-10(16)11(17)8-9/h5-6,8,12H,2-4,7H2,1H3,(H,18,22). The van der Waals surface area contributed by atoms with Crippen molar-refractivity contribution in [1.29, 1.82) is 0 Å². The zero-order chi connectivity index (χ0) is 18.9. The van der Waals surface area contributed by atoms with Gasteiger partial charge in [-0.15, -0.1) is 10.2 Å². The van der Waals surface area contributed by atoms with Gasteiger partial charge in [-0.1, -0.05) is 11.3 Å². The fraction of sp³-hybridized carbons (Fsp3) is 0.400. The fourth-order valence-electron chi connectivity index (χ4n) is 2.71. The normalized spacial score (nSPS) is 18.2. The van der Waals surface area contributed by atoms with Gasteiger partial charge in [0.1, 0.15) is 5.01 Å². The maximum absolute atomic E-state index is 13.2. The Bertz CT molecular complexity index is 933. The van der Waals surface area contributed by atoms with E-state index in [1.807, 2.05) is 0 Å². The summed E-state index contributed by atoms with van der Waals surface area (Å²) in [5, 5.41) is 10.6. The Hall–Kier alpha value is -1.98. The fourth-order valence-corrected chi connectivity index (χ4v) is 4.99. The van der Waals surface area contributed by atoms with E-state index >= 15 is 0 Å². The SMILES string of the molecule is CCS(=O)(=O)N1CCCC1c1nnc(C(=O)Nc2ccc(F)c(F)c2)s1. The Morgan fingerprint density at radius 1 is 1.35 bits per heavy atom. The summed E-state index contributed by atoms with van der Waals surface area (Å²) in [5.74, 6) is -2.72. The molecule has 1 unspecified atom stereocenters. The number of carbonyl (C=O) groups is 1. The number of benzene rings is 1. The molecule has 2 heterocycles. The highest BCUT2D eigenvalue weighted by molar-refractivity contribution is 7.89. The molecule has 1 aromatic carbocycles. The summed E-state index contributed by atoms with van der Waals surface area (Å²) in [5.41, 5.74) is 0.0849. The van der Waals surface area contributed by atoms with Crippen molar-refractivity contribution in [3.8, 4) is 0 Å². The van der Waals surface area contributed by atoms with Crippen LogP contribution in [-0.4, -0.2) is 41.1 Å². The second-order valence-electron chi connectivity index (χ2n) is 5.70. The van der Waals surface area contributed by atoms with E-state index in [1.54, 1.807) is 6.92 Å². The molecule has 2 aromatic rings. The molecule has 1 saturated heterocycles. The van der Waals surface area contributed by atoms with Gasteiger partial charge in [-0.05, 0) is 31.9 Å². The van der Waals surface area contributed by atoms with Crippen LogP contribution >= 0.6 is 11.3 Å². The molecular formula is C15H16F2N4O3S2. The Morgan fingerprint density at radius 2 is 2.12 bits per heavy atom. The van der Waals surface area contributed by atoms with Gasteiger partial charge in [-0.25, -0.2) is 17.2 Å². The molecule has 1 atom stereocenters. The largest absolute Gasteiger partial charge is 0.320 e. The first-order valence-corrected chi connectivity index (χ1v) is 10.3. The van der Waals surface area contributed by atoms with E-state index < -0.39 is 33.6 Å². The lowest BCUT2D eigenvalue weighted by atomic mass is 10.2. The molecule has 0 saturated carbocycles. The van der Waals surface area contributed by atoms with Gasteiger partial charge in [0.2, 0.25) is 15.0 Å². The van der Waals surface area contributed by atoms with Gasteiger partial charge < -0.3 is 5.32 Å². The van der Waals surface area contributed by atoms with Crippen LogP contribution in [0.1, 0.15) is 40.6 Å². The smallest absolute Gasteiger partial charge is 0.286 e. The minimum absolute atomic E-state index is 0.00816. The number of hydrogen-bond acceptors (Lipinski definition) is 6. The second kappa shape index (κ2) is 7.33. The van der Waals surface area contributed by atoms with E-state index in [2.05, 4.69) is 15.5 Å². The molecule has 0 aliphatic carbocycles. The number of anilines is 1. The molecule has 26 heavy (non-hydrogen) atoms. The molecule has 1 N–H and O–H groups in total. The minimum Gasteiger partial charge on any atom is -0.320 e. The maximum Gasteiger partial charge on any atom is 0.286 e.